The van der Waals surface area contributed by atoms with E-state index in [1.54, 1.807) is 0 Å². The van der Waals surface area contributed by atoms with Crippen molar-refractivity contribution in [1.82, 2.24) is 20.3 Å². The van der Waals surface area contributed by atoms with Crippen LogP contribution in [0.2, 0.25) is 0 Å². The average Bonchev–Trinajstić information content (AvgIpc) is 3.10. The molecule has 1 atom stereocenters. The Morgan fingerprint density at radius 1 is 1.24 bits per heavy atom. The van der Waals surface area contributed by atoms with Crippen molar-refractivity contribution in [1.29, 1.82) is 0 Å². The van der Waals surface area contributed by atoms with Gasteiger partial charge in [0.25, 0.3) is 0 Å². The van der Waals surface area contributed by atoms with Gasteiger partial charge in [0.05, 0.1) is 12.2 Å². The van der Waals surface area contributed by atoms with E-state index in [-0.39, 0.29) is 6.10 Å². The number of hydrogen-bond acceptors (Lipinski definition) is 5. The first-order valence-electron chi connectivity index (χ1n) is 10.4. The lowest BCUT2D eigenvalue weighted by Crippen LogP contribution is -2.52. The Morgan fingerprint density at radius 2 is 2.03 bits per heavy atom. The molecule has 29 heavy (non-hydrogen) atoms. The Bertz CT molecular complexity index is 796. The summed E-state index contributed by atoms with van der Waals surface area (Å²) in [5.41, 5.74) is 2.20. The molecule has 1 aliphatic heterocycles. The molecule has 2 aromatic rings. The number of hydrogen-bond donors (Lipinski definition) is 1. The van der Waals surface area contributed by atoms with Crippen molar-refractivity contribution in [2.75, 3.05) is 39.3 Å². The Hall–Kier alpha value is -2.54. The summed E-state index contributed by atoms with van der Waals surface area (Å²) in [6.45, 7) is 14.3. The van der Waals surface area contributed by atoms with Crippen molar-refractivity contribution in [3.8, 4) is 5.75 Å². The van der Waals surface area contributed by atoms with Crippen molar-refractivity contribution >= 4 is 5.96 Å². The summed E-state index contributed by atoms with van der Waals surface area (Å²) >= 11 is 0. The summed E-state index contributed by atoms with van der Waals surface area (Å²) in [5, 5.41) is 7.52. The van der Waals surface area contributed by atoms with Crippen molar-refractivity contribution in [2.45, 2.75) is 40.3 Å². The topological polar surface area (TPSA) is 66.1 Å². The molecule has 2 heterocycles. The van der Waals surface area contributed by atoms with Gasteiger partial charge in [-0.05, 0) is 45.4 Å². The lowest BCUT2D eigenvalue weighted by molar-refractivity contribution is 0.168. The summed E-state index contributed by atoms with van der Waals surface area (Å²) in [5.74, 6) is 2.72. The highest BCUT2D eigenvalue weighted by Gasteiger charge is 2.20. The van der Waals surface area contributed by atoms with Crippen LogP contribution in [0.1, 0.15) is 30.9 Å². The lowest BCUT2D eigenvalue weighted by atomic mass is 10.2. The number of aryl methyl sites for hydroxylation is 2. The number of rotatable bonds is 7. The van der Waals surface area contributed by atoms with E-state index in [9.17, 15) is 0 Å². The lowest BCUT2D eigenvalue weighted by Gasteiger charge is -2.36. The van der Waals surface area contributed by atoms with Gasteiger partial charge >= 0.3 is 0 Å². The van der Waals surface area contributed by atoms with Gasteiger partial charge in [0.15, 0.2) is 5.96 Å². The number of benzene rings is 1. The SMILES string of the molecule is CCNC(=NCC(C)Oc1cccc(C)c1)N1CCN(Cc2cc(C)on2)CC1. The van der Waals surface area contributed by atoms with Crippen LogP contribution in [0.3, 0.4) is 0 Å². The van der Waals surface area contributed by atoms with E-state index in [4.69, 9.17) is 14.3 Å². The number of nitrogens with zero attached hydrogens (tertiary/aromatic N) is 4. The quantitative estimate of drug-likeness (QED) is 0.570. The Kier molecular flexibility index (Phi) is 7.52. The van der Waals surface area contributed by atoms with Gasteiger partial charge in [0, 0.05) is 45.3 Å². The molecule has 0 bridgehead atoms. The van der Waals surface area contributed by atoms with Gasteiger partial charge in [-0.1, -0.05) is 17.3 Å². The number of aromatic nitrogens is 1. The Balaban J connectivity index is 1.51. The molecule has 1 unspecified atom stereocenters. The molecule has 0 saturated carbocycles. The standard InChI is InChI=1S/C22H33N5O2/c1-5-23-22(24-15-19(4)28-21-8-6-7-17(2)13-21)27-11-9-26(10-12-27)16-20-14-18(3)29-25-20/h6-8,13-14,19H,5,9-12,15-16H2,1-4H3,(H,23,24). The van der Waals surface area contributed by atoms with E-state index >= 15 is 0 Å². The molecule has 158 valence electrons. The van der Waals surface area contributed by atoms with Crippen molar-refractivity contribution in [3.63, 3.8) is 0 Å². The summed E-state index contributed by atoms with van der Waals surface area (Å²) in [4.78, 5) is 9.56. The highest BCUT2D eigenvalue weighted by Crippen LogP contribution is 2.14. The van der Waals surface area contributed by atoms with E-state index in [1.807, 2.05) is 25.1 Å². The molecular weight excluding hydrogens is 366 g/mol. The summed E-state index contributed by atoms with van der Waals surface area (Å²) in [6.07, 6.45) is 0.0159. The third kappa shape index (κ3) is 6.49. The van der Waals surface area contributed by atoms with E-state index in [0.717, 1.165) is 62.4 Å². The molecule has 3 rings (SSSR count). The zero-order valence-corrected chi connectivity index (χ0v) is 18.0. The molecule has 0 amide bonds. The van der Waals surface area contributed by atoms with Crippen molar-refractivity contribution < 1.29 is 9.26 Å². The minimum absolute atomic E-state index is 0.0159. The molecule has 7 heteroatoms. The first kappa shape index (κ1) is 21.2. The van der Waals surface area contributed by atoms with Gasteiger partial charge in [0.2, 0.25) is 0 Å². The van der Waals surface area contributed by atoms with Crippen LogP contribution >= 0.6 is 0 Å². The highest BCUT2D eigenvalue weighted by molar-refractivity contribution is 5.80. The van der Waals surface area contributed by atoms with Crippen LogP contribution in [0.15, 0.2) is 39.8 Å². The van der Waals surface area contributed by atoms with Crippen LogP contribution in [0.4, 0.5) is 0 Å². The van der Waals surface area contributed by atoms with E-state index in [2.05, 4.69) is 53.2 Å². The van der Waals surface area contributed by atoms with Crippen LogP contribution in [-0.4, -0.2) is 66.3 Å². The van der Waals surface area contributed by atoms with E-state index in [0.29, 0.717) is 6.54 Å². The maximum absolute atomic E-state index is 6.02. The van der Waals surface area contributed by atoms with E-state index < -0.39 is 0 Å². The molecule has 0 spiro atoms. The maximum Gasteiger partial charge on any atom is 0.194 e. The van der Waals surface area contributed by atoms with Crippen LogP contribution in [0.25, 0.3) is 0 Å². The first-order chi connectivity index (χ1) is 14.0. The van der Waals surface area contributed by atoms with Gasteiger partial charge in [0.1, 0.15) is 17.6 Å². The van der Waals surface area contributed by atoms with Crippen molar-refractivity contribution in [3.05, 3.63) is 47.3 Å². The van der Waals surface area contributed by atoms with E-state index in [1.165, 1.54) is 5.56 Å². The molecule has 0 aliphatic carbocycles. The molecule has 1 fully saturated rings. The number of piperazine rings is 1. The van der Waals surface area contributed by atoms with Gasteiger partial charge < -0.3 is 19.5 Å². The molecule has 0 radical (unpaired) electrons. The molecular formula is C22H33N5O2. The predicted molar refractivity (Wildman–Crippen MR) is 115 cm³/mol. The maximum atomic E-state index is 6.02. The second kappa shape index (κ2) is 10.3. The third-order valence-electron chi connectivity index (χ3n) is 4.89. The minimum Gasteiger partial charge on any atom is -0.489 e. The highest BCUT2D eigenvalue weighted by atomic mass is 16.5. The van der Waals surface area contributed by atoms with Crippen LogP contribution in [0.5, 0.6) is 5.75 Å². The summed E-state index contributed by atoms with van der Waals surface area (Å²) in [7, 11) is 0. The summed E-state index contributed by atoms with van der Waals surface area (Å²) < 4.78 is 11.2. The smallest absolute Gasteiger partial charge is 0.194 e. The number of aliphatic imine (C=N–C) groups is 1. The first-order valence-corrected chi connectivity index (χ1v) is 10.4. The number of nitrogens with one attached hydrogen (secondary N) is 1. The van der Waals surface area contributed by atoms with Gasteiger partial charge in [-0.25, -0.2) is 4.99 Å². The molecule has 1 N–H and O–H groups in total. The summed E-state index contributed by atoms with van der Waals surface area (Å²) in [6, 6.07) is 10.1. The normalized spacial score (nSPS) is 16.7. The largest absolute Gasteiger partial charge is 0.489 e. The fraction of sp³-hybridized carbons (Fsp3) is 0.545. The number of guanidine groups is 1. The minimum atomic E-state index is 0.0159. The molecule has 1 aliphatic rings. The zero-order chi connectivity index (χ0) is 20.6. The predicted octanol–water partition coefficient (Wildman–Crippen LogP) is 2.84. The second-order valence-corrected chi connectivity index (χ2v) is 7.63. The molecule has 1 saturated heterocycles. The molecule has 1 aromatic carbocycles. The van der Waals surface area contributed by atoms with Crippen LogP contribution in [-0.2, 0) is 6.54 Å². The molecule has 7 nitrogen and oxygen atoms in total. The average molecular weight is 400 g/mol. The Labute approximate surface area is 173 Å². The third-order valence-corrected chi connectivity index (χ3v) is 4.89. The second-order valence-electron chi connectivity index (χ2n) is 7.63. The van der Waals surface area contributed by atoms with Gasteiger partial charge in [-0.15, -0.1) is 0 Å². The van der Waals surface area contributed by atoms with Crippen molar-refractivity contribution in [2.24, 2.45) is 4.99 Å². The van der Waals surface area contributed by atoms with Gasteiger partial charge in [-0.3, -0.25) is 4.90 Å². The number of ether oxygens (including phenoxy) is 1. The van der Waals surface area contributed by atoms with Gasteiger partial charge in [-0.2, -0.15) is 0 Å². The fourth-order valence-electron chi connectivity index (χ4n) is 3.44. The molecule has 1 aromatic heterocycles. The monoisotopic (exact) mass is 399 g/mol. The Morgan fingerprint density at radius 3 is 2.69 bits per heavy atom. The van der Waals surface area contributed by atoms with Crippen LogP contribution in [0, 0.1) is 13.8 Å². The zero-order valence-electron chi connectivity index (χ0n) is 18.0. The van der Waals surface area contributed by atoms with Crippen LogP contribution < -0.4 is 10.1 Å². The fourth-order valence-corrected chi connectivity index (χ4v) is 3.44.